The van der Waals surface area contributed by atoms with Crippen molar-refractivity contribution in [3.63, 3.8) is 0 Å². The Morgan fingerprint density at radius 2 is 1.98 bits per heavy atom. The largest absolute Gasteiger partial charge is 0.496 e. The lowest BCUT2D eigenvalue weighted by Gasteiger charge is -2.38. The summed E-state index contributed by atoms with van der Waals surface area (Å²) < 4.78 is 13.3. The molecule has 0 saturated carbocycles. The van der Waals surface area contributed by atoms with Crippen molar-refractivity contribution in [2.75, 3.05) is 39.9 Å². The highest BCUT2D eigenvalue weighted by Gasteiger charge is 2.33. The first-order chi connectivity index (χ1) is 19.6. The van der Waals surface area contributed by atoms with Crippen LogP contribution in [0.4, 0.5) is 0 Å². The first-order valence-electron chi connectivity index (χ1n) is 14.2. The van der Waals surface area contributed by atoms with Gasteiger partial charge in [-0.15, -0.1) is 5.10 Å². The smallest absolute Gasteiger partial charge is 0.253 e. The molecule has 2 atom stereocenters. The Kier molecular flexibility index (Phi) is 7.90. The number of aromatic amines is 1. The Labute approximate surface area is 233 Å². The maximum Gasteiger partial charge on any atom is 0.253 e. The molecule has 2 aliphatic heterocycles. The van der Waals surface area contributed by atoms with Crippen molar-refractivity contribution in [3.8, 4) is 5.75 Å². The van der Waals surface area contributed by atoms with E-state index in [-0.39, 0.29) is 17.7 Å². The molecule has 210 valence electrons. The van der Waals surface area contributed by atoms with Crippen LogP contribution in [0.5, 0.6) is 5.75 Å². The molecule has 1 N–H and O–H groups in total. The summed E-state index contributed by atoms with van der Waals surface area (Å²) in [5.41, 5.74) is 3.81. The van der Waals surface area contributed by atoms with Crippen molar-refractivity contribution in [1.29, 1.82) is 0 Å². The number of aromatic nitrogens is 5. The molecule has 4 aromatic rings. The van der Waals surface area contributed by atoms with Gasteiger partial charge in [0, 0.05) is 56.0 Å². The van der Waals surface area contributed by atoms with Crippen LogP contribution in [0.2, 0.25) is 0 Å². The summed E-state index contributed by atoms with van der Waals surface area (Å²) in [5.74, 6) is 1.59. The molecular weight excluding hydrogens is 506 g/mol. The fourth-order valence-electron chi connectivity index (χ4n) is 5.97. The van der Waals surface area contributed by atoms with E-state index in [1.807, 2.05) is 35.0 Å². The lowest BCUT2D eigenvalue weighted by Crippen LogP contribution is -2.48. The number of ether oxygens (including phenoxy) is 2. The summed E-state index contributed by atoms with van der Waals surface area (Å²) in [6, 6.07) is 16.0. The van der Waals surface area contributed by atoms with E-state index in [0.717, 1.165) is 75.2 Å². The number of piperazine rings is 1. The number of nitrogens with zero attached hydrogens (tertiary/aromatic N) is 6. The number of hydrogen-bond acceptors (Lipinski definition) is 8. The van der Waals surface area contributed by atoms with Crippen molar-refractivity contribution in [1.82, 2.24) is 35.0 Å². The minimum Gasteiger partial charge on any atom is -0.496 e. The van der Waals surface area contributed by atoms with Crippen LogP contribution in [0, 0.1) is 0 Å². The summed E-state index contributed by atoms with van der Waals surface area (Å²) in [6.07, 6.45) is 3.05. The zero-order chi connectivity index (χ0) is 27.5. The van der Waals surface area contributed by atoms with Crippen molar-refractivity contribution in [2.24, 2.45) is 0 Å². The summed E-state index contributed by atoms with van der Waals surface area (Å²) in [5, 5.41) is 13.9. The van der Waals surface area contributed by atoms with E-state index in [9.17, 15) is 4.79 Å². The average molecular weight is 544 g/mol. The molecule has 40 heavy (non-hydrogen) atoms. The molecular formula is C30H37N7O3. The van der Waals surface area contributed by atoms with Crippen LogP contribution in [-0.4, -0.2) is 81.0 Å². The minimum absolute atomic E-state index is 0.0857. The standard InChI is InChI=1S/C30H37N7O3/c1-3-21-10-11-26-23(17-21)18-25(30(38)31-26)28(29-32-33-34-37(29)20-24-8-6-16-40-24)36-14-12-35(13-15-36)19-22-7-4-5-9-27(22)39-2/h4-5,7,9-11,17-18,24,28H,3,6,8,12-16,19-20H2,1-2H3,(H,31,38). The number of fused-ring (bicyclic) bond motifs is 1. The van der Waals surface area contributed by atoms with Crippen molar-refractivity contribution in [2.45, 2.75) is 51.4 Å². The van der Waals surface area contributed by atoms with Gasteiger partial charge in [-0.05, 0) is 64.9 Å². The van der Waals surface area contributed by atoms with E-state index in [1.165, 1.54) is 11.1 Å². The summed E-state index contributed by atoms with van der Waals surface area (Å²) in [7, 11) is 1.72. The van der Waals surface area contributed by atoms with E-state index in [0.29, 0.717) is 17.9 Å². The molecule has 2 aliphatic rings. The molecule has 2 aromatic carbocycles. The van der Waals surface area contributed by atoms with Gasteiger partial charge in [0.2, 0.25) is 0 Å². The number of hydrogen-bond donors (Lipinski definition) is 1. The molecule has 0 amide bonds. The Hall–Kier alpha value is -3.60. The first-order valence-corrected chi connectivity index (χ1v) is 14.2. The maximum absolute atomic E-state index is 13.6. The minimum atomic E-state index is -0.372. The highest BCUT2D eigenvalue weighted by Crippen LogP contribution is 2.29. The lowest BCUT2D eigenvalue weighted by molar-refractivity contribution is 0.0838. The maximum atomic E-state index is 13.6. The first kappa shape index (κ1) is 26.6. The molecule has 6 rings (SSSR count). The molecule has 0 spiro atoms. The highest BCUT2D eigenvalue weighted by molar-refractivity contribution is 5.80. The second kappa shape index (κ2) is 11.9. The van der Waals surface area contributed by atoms with E-state index < -0.39 is 0 Å². The second-order valence-corrected chi connectivity index (χ2v) is 10.7. The van der Waals surface area contributed by atoms with Gasteiger partial charge in [-0.2, -0.15) is 0 Å². The van der Waals surface area contributed by atoms with Gasteiger partial charge < -0.3 is 14.5 Å². The Morgan fingerprint density at radius 1 is 1.12 bits per heavy atom. The second-order valence-electron chi connectivity index (χ2n) is 10.7. The third-order valence-corrected chi connectivity index (χ3v) is 8.20. The Balaban J connectivity index is 1.32. The molecule has 4 heterocycles. The number of pyridine rings is 1. The summed E-state index contributed by atoms with van der Waals surface area (Å²) in [4.78, 5) is 21.5. The summed E-state index contributed by atoms with van der Waals surface area (Å²) in [6.45, 7) is 7.57. The van der Waals surface area contributed by atoms with Crippen LogP contribution in [0.15, 0.2) is 53.3 Å². The van der Waals surface area contributed by atoms with Gasteiger partial charge in [0.15, 0.2) is 5.82 Å². The third kappa shape index (κ3) is 5.52. The number of H-pyrrole nitrogens is 1. The molecule has 10 heteroatoms. The molecule has 0 bridgehead atoms. The molecule has 2 saturated heterocycles. The van der Waals surface area contributed by atoms with Crippen LogP contribution in [0.25, 0.3) is 10.9 Å². The SMILES string of the molecule is CCc1ccc2[nH]c(=O)c(C(c3nnnn3CC3CCCO3)N3CCN(Cc4ccccc4OC)CC3)cc2c1. The van der Waals surface area contributed by atoms with Gasteiger partial charge >= 0.3 is 0 Å². The predicted octanol–water partition coefficient (Wildman–Crippen LogP) is 3.17. The fourth-order valence-corrected chi connectivity index (χ4v) is 5.97. The van der Waals surface area contributed by atoms with Crippen molar-refractivity contribution in [3.05, 3.63) is 81.4 Å². The van der Waals surface area contributed by atoms with Crippen LogP contribution < -0.4 is 10.3 Å². The van der Waals surface area contributed by atoms with Gasteiger partial charge in [-0.3, -0.25) is 14.6 Å². The zero-order valence-corrected chi connectivity index (χ0v) is 23.3. The fraction of sp³-hybridized carbons (Fsp3) is 0.467. The van der Waals surface area contributed by atoms with Gasteiger partial charge in [0.1, 0.15) is 11.8 Å². The number of methoxy groups -OCH3 is 1. The van der Waals surface area contributed by atoms with E-state index in [1.54, 1.807) is 7.11 Å². The topological polar surface area (TPSA) is 101 Å². The highest BCUT2D eigenvalue weighted by atomic mass is 16.5. The molecule has 2 aromatic heterocycles. The van der Waals surface area contributed by atoms with Crippen LogP contribution in [-0.2, 0) is 24.2 Å². The average Bonchev–Trinajstić information content (AvgIpc) is 3.67. The molecule has 10 nitrogen and oxygen atoms in total. The molecule has 2 unspecified atom stereocenters. The third-order valence-electron chi connectivity index (χ3n) is 8.20. The zero-order valence-electron chi connectivity index (χ0n) is 23.3. The molecule has 2 fully saturated rings. The number of nitrogens with one attached hydrogen (secondary N) is 1. The number of tetrazole rings is 1. The normalized spacial score (nSPS) is 19.3. The van der Waals surface area contributed by atoms with Crippen LogP contribution in [0.1, 0.15) is 48.3 Å². The quantitative estimate of drug-likeness (QED) is 0.344. The summed E-state index contributed by atoms with van der Waals surface area (Å²) >= 11 is 0. The number of benzene rings is 2. The van der Waals surface area contributed by atoms with Crippen LogP contribution in [0.3, 0.4) is 0 Å². The van der Waals surface area contributed by atoms with Crippen LogP contribution >= 0.6 is 0 Å². The Morgan fingerprint density at radius 3 is 2.75 bits per heavy atom. The lowest BCUT2D eigenvalue weighted by atomic mass is 10.0. The van der Waals surface area contributed by atoms with E-state index in [4.69, 9.17) is 9.47 Å². The number of para-hydroxylation sites is 1. The van der Waals surface area contributed by atoms with Gasteiger partial charge in [-0.25, -0.2) is 4.68 Å². The van der Waals surface area contributed by atoms with Crippen molar-refractivity contribution >= 4 is 10.9 Å². The van der Waals surface area contributed by atoms with Crippen molar-refractivity contribution < 1.29 is 9.47 Å². The van der Waals surface area contributed by atoms with E-state index >= 15 is 0 Å². The predicted molar refractivity (Wildman–Crippen MR) is 152 cm³/mol. The monoisotopic (exact) mass is 543 g/mol. The molecule has 0 aliphatic carbocycles. The van der Waals surface area contributed by atoms with Gasteiger partial charge in [0.25, 0.3) is 5.56 Å². The number of aryl methyl sites for hydroxylation is 1. The van der Waals surface area contributed by atoms with Gasteiger partial charge in [-0.1, -0.05) is 31.2 Å². The van der Waals surface area contributed by atoms with Gasteiger partial charge in [0.05, 0.1) is 19.8 Å². The van der Waals surface area contributed by atoms with E-state index in [2.05, 4.69) is 55.4 Å². The number of rotatable bonds is 9. The molecule has 0 radical (unpaired) electrons. The Bertz CT molecular complexity index is 1500.